The summed E-state index contributed by atoms with van der Waals surface area (Å²) >= 11 is 0. The van der Waals surface area contributed by atoms with Gasteiger partial charge in [-0.1, -0.05) is 24.3 Å². The Balaban J connectivity index is 1.50. The highest BCUT2D eigenvalue weighted by Crippen LogP contribution is 2.45. The van der Waals surface area contributed by atoms with Crippen LogP contribution in [0.4, 0.5) is 10.3 Å². The van der Waals surface area contributed by atoms with Crippen LogP contribution in [0.25, 0.3) is 11.0 Å². The number of furan rings is 1. The van der Waals surface area contributed by atoms with Gasteiger partial charge in [-0.05, 0) is 54.3 Å². The molecule has 6 heteroatoms. The number of rotatable bonds is 2. The predicted molar refractivity (Wildman–Crippen MR) is 111 cm³/mol. The van der Waals surface area contributed by atoms with Crippen LogP contribution in [0.15, 0.2) is 82.6 Å². The maximum atomic E-state index is 13.4. The standard InChI is InChI=1S/C24H18FN3O2/c25-16-9-7-14(8-10-16)15-12-18-22(20(29)13-15)23(21-6-3-11-30-21)28-19-5-2-1-4-17(19)26-24(28)27-18/h1-11,15,23H,12-13H2,(H,26,27)/t15-,23+/m1/s1. The first-order chi connectivity index (χ1) is 14.7. The Morgan fingerprint density at radius 1 is 1.03 bits per heavy atom. The van der Waals surface area contributed by atoms with E-state index in [1.54, 1.807) is 18.4 Å². The van der Waals surface area contributed by atoms with Crippen LogP contribution in [0.2, 0.25) is 0 Å². The second-order valence-corrected chi connectivity index (χ2v) is 7.81. The Bertz CT molecular complexity index is 1300. The normalized spacial score (nSPS) is 20.8. The Labute approximate surface area is 171 Å². The quantitative estimate of drug-likeness (QED) is 0.504. The second-order valence-electron chi connectivity index (χ2n) is 7.81. The van der Waals surface area contributed by atoms with E-state index < -0.39 is 0 Å². The largest absolute Gasteiger partial charge is 0.467 e. The SMILES string of the molecule is O=C1C[C@H](c2ccc(F)cc2)CC2=C1[C@H](c1ccco1)n1c(nc3ccccc31)N2. The fourth-order valence-corrected chi connectivity index (χ4v) is 4.71. The zero-order chi connectivity index (χ0) is 20.2. The maximum Gasteiger partial charge on any atom is 0.209 e. The van der Waals surface area contributed by atoms with Crippen molar-refractivity contribution in [3.05, 3.63) is 95.3 Å². The van der Waals surface area contributed by atoms with Gasteiger partial charge in [0.2, 0.25) is 5.95 Å². The lowest BCUT2D eigenvalue weighted by Gasteiger charge is -2.35. The first-order valence-corrected chi connectivity index (χ1v) is 9.98. The van der Waals surface area contributed by atoms with Crippen molar-refractivity contribution in [1.29, 1.82) is 0 Å². The molecule has 0 spiro atoms. The van der Waals surface area contributed by atoms with Gasteiger partial charge in [-0.2, -0.15) is 0 Å². The van der Waals surface area contributed by atoms with Crippen molar-refractivity contribution in [3.63, 3.8) is 0 Å². The van der Waals surface area contributed by atoms with Gasteiger partial charge in [-0.15, -0.1) is 0 Å². The van der Waals surface area contributed by atoms with Crippen LogP contribution in [0, 0.1) is 5.82 Å². The topological polar surface area (TPSA) is 60.1 Å². The first kappa shape index (κ1) is 17.2. The molecule has 5 nitrogen and oxygen atoms in total. The number of nitrogens with one attached hydrogen (secondary N) is 1. The number of carbonyl (C=O) groups excluding carboxylic acids is 1. The number of imidazole rings is 1. The Morgan fingerprint density at radius 3 is 2.67 bits per heavy atom. The monoisotopic (exact) mass is 399 g/mol. The molecule has 2 aliphatic rings. The number of Topliss-reactive ketones (excluding diaryl/α,β-unsaturated/α-hetero) is 1. The van der Waals surface area contributed by atoms with Crippen molar-refractivity contribution >= 4 is 22.8 Å². The van der Waals surface area contributed by atoms with Crippen molar-refractivity contribution in [2.75, 3.05) is 5.32 Å². The second kappa shape index (κ2) is 6.42. The van der Waals surface area contributed by atoms with Crippen molar-refractivity contribution in [1.82, 2.24) is 9.55 Å². The van der Waals surface area contributed by atoms with Crippen LogP contribution in [0.3, 0.4) is 0 Å². The lowest BCUT2D eigenvalue weighted by atomic mass is 9.78. The number of ketones is 1. The fourth-order valence-electron chi connectivity index (χ4n) is 4.71. The molecule has 0 unspecified atom stereocenters. The highest BCUT2D eigenvalue weighted by atomic mass is 19.1. The minimum atomic E-state index is -0.361. The molecule has 0 amide bonds. The molecule has 0 saturated carbocycles. The zero-order valence-electron chi connectivity index (χ0n) is 16.0. The number of hydrogen-bond donors (Lipinski definition) is 1. The molecule has 0 saturated heterocycles. The smallest absolute Gasteiger partial charge is 0.209 e. The zero-order valence-corrected chi connectivity index (χ0v) is 16.0. The molecule has 1 N–H and O–H groups in total. The average molecular weight is 399 g/mol. The van der Waals surface area contributed by atoms with Crippen LogP contribution < -0.4 is 5.32 Å². The number of benzene rings is 2. The number of allylic oxidation sites excluding steroid dienone is 2. The number of nitrogens with zero attached hydrogens (tertiary/aromatic N) is 2. The van der Waals surface area contributed by atoms with Crippen LogP contribution in [-0.4, -0.2) is 15.3 Å². The molecule has 2 aromatic heterocycles. The number of carbonyl (C=O) groups is 1. The number of anilines is 1. The highest BCUT2D eigenvalue weighted by molar-refractivity contribution is 6.00. The van der Waals surface area contributed by atoms with E-state index in [1.165, 1.54) is 12.1 Å². The van der Waals surface area contributed by atoms with Gasteiger partial charge < -0.3 is 9.73 Å². The van der Waals surface area contributed by atoms with Gasteiger partial charge in [0.25, 0.3) is 0 Å². The summed E-state index contributed by atoms with van der Waals surface area (Å²) in [5, 5.41) is 3.42. The summed E-state index contributed by atoms with van der Waals surface area (Å²) in [6.45, 7) is 0. The number of halogens is 1. The Kier molecular flexibility index (Phi) is 3.68. The molecular weight excluding hydrogens is 381 g/mol. The van der Waals surface area contributed by atoms with E-state index in [1.807, 2.05) is 41.0 Å². The third kappa shape index (κ3) is 2.53. The molecule has 2 atom stereocenters. The van der Waals surface area contributed by atoms with Crippen LogP contribution in [0.1, 0.15) is 36.1 Å². The molecule has 30 heavy (non-hydrogen) atoms. The number of para-hydroxylation sites is 2. The summed E-state index contributed by atoms with van der Waals surface area (Å²) < 4.78 is 21.2. The van der Waals surface area contributed by atoms with Crippen molar-refractivity contribution in [2.45, 2.75) is 24.8 Å². The van der Waals surface area contributed by atoms with Gasteiger partial charge in [-0.25, -0.2) is 9.37 Å². The number of hydrogen-bond acceptors (Lipinski definition) is 4. The summed E-state index contributed by atoms with van der Waals surface area (Å²) in [5.41, 5.74) is 4.36. The molecule has 1 aliphatic carbocycles. The predicted octanol–water partition coefficient (Wildman–Crippen LogP) is 5.18. The first-order valence-electron chi connectivity index (χ1n) is 9.98. The highest BCUT2D eigenvalue weighted by Gasteiger charge is 2.40. The molecule has 0 radical (unpaired) electrons. The summed E-state index contributed by atoms with van der Waals surface area (Å²) in [6.07, 6.45) is 2.67. The molecule has 2 aromatic carbocycles. The van der Waals surface area contributed by atoms with Gasteiger partial charge in [0.15, 0.2) is 5.78 Å². The van der Waals surface area contributed by atoms with E-state index in [0.29, 0.717) is 24.6 Å². The number of aromatic nitrogens is 2. The van der Waals surface area contributed by atoms with Crippen molar-refractivity contribution in [3.8, 4) is 0 Å². The molecule has 3 heterocycles. The lowest BCUT2D eigenvalue weighted by molar-refractivity contribution is -0.116. The van der Waals surface area contributed by atoms with Gasteiger partial charge in [0.05, 0.1) is 17.3 Å². The fraction of sp³-hybridized carbons (Fsp3) is 0.167. The molecule has 148 valence electrons. The maximum absolute atomic E-state index is 13.4. The van der Waals surface area contributed by atoms with Crippen molar-refractivity contribution < 1.29 is 13.6 Å². The number of fused-ring (bicyclic) bond motifs is 3. The van der Waals surface area contributed by atoms with Crippen LogP contribution in [0.5, 0.6) is 0 Å². The minimum absolute atomic E-state index is 0.00229. The molecule has 0 fully saturated rings. The molecular formula is C24H18FN3O2. The molecule has 1 aliphatic heterocycles. The van der Waals surface area contributed by atoms with E-state index in [2.05, 4.69) is 5.32 Å². The van der Waals surface area contributed by atoms with E-state index in [-0.39, 0.29) is 23.6 Å². The Morgan fingerprint density at radius 2 is 1.87 bits per heavy atom. The Hall–Kier alpha value is -3.67. The van der Waals surface area contributed by atoms with Gasteiger partial charge >= 0.3 is 0 Å². The van der Waals surface area contributed by atoms with E-state index in [9.17, 15) is 9.18 Å². The molecule has 0 bridgehead atoms. The van der Waals surface area contributed by atoms with Gasteiger partial charge in [0.1, 0.15) is 17.6 Å². The summed E-state index contributed by atoms with van der Waals surface area (Å²) in [7, 11) is 0. The van der Waals surface area contributed by atoms with E-state index >= 15 is 0 Å². The summed E-state index contributed by atoms with van der Waals surface area (Å²) in [4.78, 5) is 18.2. The lowest BCUT2D eigenvalue weighted by Crippen LogP contribution is -2.32. The van der Waals surface area contributed by atoms with E-state index in [4.69, 9.17) is 9.40 Å². The van der Waals surface area contributed by atoms with Crippen LogP contribution >= 0.6 is 0 Å². The average Bonchev–Trinajstić information content (AvgIpc) is 3.40. The summed E-state index contributed by atoms with van der Waals surface area (Å²) in [6, 6.07) is 17.7. The van der Waals surface area contributed by atoms with Crippen LogP contribution in [-0.2, 0) is 4.79 Å². The molecule has 6 rings (SSSR count). The van der Waals surface area contributed by atoms with Gasteiger partial charge in [0, 0.05) is 17.7 Å². The third-order valence-corrected chi connectivity index (χ3v) is 6.05. The van der Waals surface area contributed by atoms with Crippen molar-refractivity contribution in [2.24, 2.45) is 0 Å². The molecule has 4 aromatic rings. The summed E-state index contributed by atoms with van der Waals surface area (Å²) in [5.74, 6) is 1.20. The third-order valence-electron chi connectivity index (χ3n) is 6.05. The minimum Gasteiger partial charge on any atom is -0.467 e. The van der Waals surface area contributed by atoms with Gasteiger partial charge in [-0.3, -0.25) is 9.36 Å². The van der Waals surface area contributed by atoms with E-state index in [0.717, 1.165) is 27.9 Å².